The maximum Gasteiger partial charge on any atom is 0.0487 e. The lowest BCUT2D eigenvalue weighted by Gasteiger charge is -2.22. The van der Waals surface area contributed by atoms with E-state index in [2.05, 4.69) is 49.4 Å². The quantitative estimate of drug-likeness (QED) is 0.697. The molecule has 0 fully saturated rings. The average Bonchev–Trinajstić information content (AvgIpc) is 2.46. The predicted molar refractivity (Wildman–Crippen MR) is 80.2 cm³/mol. The lowest BCUT2D eigenvalue weighted by molar-refractivity contribution is 1.20. The van der Waals surface area contributed by atoms with Crippen molar-refractivity contribution in [3.63, 3.8) is 0 Å². The Bertz CT molecular complexity index is 555. The van der Waals surface area contributed by atoms with Crippen LogP contribution >= 0.6 is 0 Å². The van der Waals surface area contributed by atoms with E-state index >= 15 is 0 Å². The minimum absolute atomic E-state index is 0.938. The van der Waals surface area contributed by atoms with Crippen LogP contribution in [0, 0.1) is 0 Å². The molecule has 0 unspecified atom stereocenters. The summed E-state index contributed by atoms with van der Waals surface area (Å²) in [6.07, 6.45) is 1.79. The summed E-state index contributed by atoms with van der Waals surface area (Å²) in [7, 11) is 2.06. The van der Waals surface area contributed by atoms with E-state index in [1.165, 1.54) is 0 Å². The molecule has 1 heteroatoms. The zero-order valence-electron chi connectivity index (χ0n) is 10.6. The van der Waals surface area contributed by atoms with E-state index in [0.29, 0.717) is 0 Å². The van der Waals surface area contributed by atoms with E-state index in [4.69, 9.17) is 0 Å². The molecule has 0 aliphatic carbocycles. The van der Waals surface area contributed by atoms with Crippen molar-refractivity contribution in [1.82, 2.24) is 0 Å². The summed E-state index contributed by atoms with van der Waals surface area (Å²) < 4.78 is 0. The van der Waals surface area contributed by atoms with Gasteiger partial charge in [-0.15, -0.1) is 0 Å². The first kappa shape index (κ1) is 12.2. The molecule has 2 aromatic carbocycles. The number of anilines is 2. The molecule has 1 nitrogen and oxygen atoms in total. The molecule has 0 amide bonds. The van der Waals surface area contributed by atoms with Crippen LogP contribution in [0.3, 0.4) is 0 Å². The molecular weight excluding hydrogens is 218 g/mol. The molecule has 0 aliphatic rings. The Morgan fingerprint density at radius 3 is 2.28 bits per heavy atom. The zero-order valence-corrected chi connectivity index (χ0v) is 10.6. The third-order valence-electron chi connectivity index (χ3n) is 3.00. The summed E-state index contributed by atoms with van der Waals surface area (Å²) in [4.78, 5) is 2.16. The largest absolute Gasteiger partial charge is 0.344 e. The molecule has 0 radical (unpaired) electrons. The van der Waals surface area contributed by atoms with Crippen molar-refractivity contribution in [2.24, 2.45) is 0 Å². The number of allylic oxidation sites excluding steroid dienone is 2. The number of hydrogen-bond donors (Lipinski definition) is 0. The molecule has 0 heterocycles. The second-order valence-corrected chi connectivity index (χ2v) is 4.14. The van der Waals surface area contributed by atoms with Gasteiger partial charge in [0.05, 0.1) is 0 Å². The van der Waals surface area contributed by atoms with Crippen LogP contribution in [-0.4, -0.2) is 7.05 Å². The fraction of sp³-hybridized carbons (Fsp3) is 0.0588. The van der Waals surface area contributed by atoms with Gasteiger partial charge in [-0.25, -0.2) is 0 Å². The van der Waals surface area contributed by atoms with Crippen molar-refractivity contribution in [3.8, 4) is 0 Å². The van der Waals surface area contributed by atoms with Crippen molar-refractivity contribution in [2.45, 2.75) is 0 Å². The molecule has 2 rings (SSSR count). The number of nitrogens with zero attached hydrogens (tertiary/aromatic N) is 1. The van der Waals surface area contributed by atoms with Gasteiger partial charge in [0.15, 0.2) is 0 Å². The van der Waals surface area contributed by atoms with Crippen molar-refractivity contribution in [2.75, 3.05) is 11.9 Å². The van der Waals surface area contributed by atoms with Crippen molar-refractivity contribution >= 4 is 16.9 Å². The minimum atomic E-state index is 0.938. The van der Waals surface area contributed by atoms with E-state index in [1.807, 2.05) is 30.3 Å². The van der Waals surface area contributed by atoms with E-state index < -0.39 is 0 Å². The van der Waals surface area contributed by atoms with Gasteiger partial charge < -0.3 is 4.90 Å². The van der Waals surface area contributed by atoms with Crippen LogP contribution in [0.25, 0.3) is 5.57 Å². The normalized spacial score (nSPS) is 9.83. The molecule has 18 heavy (non-hydrogen) atoms. The maximum absolute atomic E-state index is 4.04. The molecule has 0 aromatic heterocycles. The van der Waals surface area contributed by atoms with Crippen LogP contribution in [0.2, 0.25) is 0 Å². The van der Waals surface area contributed by atoms with E-state index in [9.17, 15) is 0 Å². The number of benzene rings is 2. The summed E-state index contributed by atoms with van der Waals surface area (Å²) in [5.74, 6) is 0. The van der Waals surface area contributed by atoms with Crippen molar-refractivity contribution < 1.29 is 0 Å². The van der Waals surface area contributed by atoms with Crippen LogP contribution in [0.15, 0.2) is 73.8 Å². The molecule has 2 aromatic rings. The van der Waals surface area contributed by atoms with E-state index in [1.54, 1.807) is 6.08 Å². The smallest absolute Gasteiger partial charge is 0.0487 e. The first-order valence-corrected chi connectivity index (χ1v) is 5.93. The lowest BCUT2D eigenvalue weighted by atomic mass is 10.0. The van der Waals surface area contributed by atoms with Gasteiger partial charge in [0.1, 0.15) is 0 Å². The Morgan fingerprint density at radius 1 is 1.00 bits per heavy atom. The summed E-state index contributed by atoms with van der Waals surface area (Å²) in [6.45, 7) is 7.83. The highest BCUT2D eigenvalue weighted by Gasteiger charge is 2.09. The Hall–Kier alpha value is -2.28. The Labute approximate surface area is 109 Å². The highest BCUT2D eigenvalue weighted by Crippen LogP contribution is 2.30. The van der Waals surface area contributed by atoms with Gasteiger partial charge in [0, 0.05) is 24.0 Å². The number of rotatable bonds is 4. The highest BCUT2D eigenvalue weighted by atomic mass is 15.1. The first-order chi connectivity index (χ1) is 8.74. The molecule has 0 spiro atoms. The van der Waals surface area contributed by atoms with Crippen LogP contribution in [0.5, 0.6) is 0 Å². The van der Waals surface area contributed by atoms with E-state index in [-0.39, 0.29) is 0 Å². The standard InChI is InChI=1S/C17H17N/c1-4-14(2)16-12-8-9-13-17(16)18(3)15-10-6-5-7-11-15/h4-13H,1-2H2,3H3. The summed E-state index contributed by atoms with van der Waals surface area (Å²) >= 11 is 0. The highest BCUT2D eigenvalue weighted by molar-refractivity contribution is 5.83. The molecule has 0 atom stereocenters. The van der Waals surface area contributed by atoms with Crippen LogP contribution in [-0.2, 0) is 0 Å². The molecule has 0 saturated carbocycles. The van der Waals surface area contributed by atoms with Gasteiger partial charge in [-0.3, -0.25) is 0 Å². The number of hydrogen-bond acceptors (Lipinski definition) is 1. The molecule has 0 N–H and O–H groups in total. The fourth-order valence-corrected chi connectivity index (χ4v) is 1.94. The van der Waals surface area contributed by atoms with Gasteiger partial charge in [0.2, 0.25) is 0 Å². The molecule has 0 saturated heterocycles. The monoisotopic (exact) mass is 235 g/mol. The summed E-state index contributed by atoms with van der Waals surface area (Å²) in [5, 5.41) is 0. The van der Waals surface area contributed by atoms with Gasteiger partial charge in [-0.1, -0.05) is 55.6 Å². The lowest BCUT2D eigenvalue weighted by Crippen LogP contribution is -2.11. The van der Waals surface area contributed by atoms with Crippen LogP contribution in [0.4, 0.5) is 11.4 Å². The Kier molecular flexibility index (Phi) is 3.63. The maximum atomic E-state index is 4.04. The SMILES string of the molecule is C=CC(=C)c1ccccc1N(C)c1ccccc1. The van der Waals surface area contributed by atoms with Crippen molar-refractivity contribution in [3.05, 3.63) is 79.4 Å². The van der Waals surface area contributed by atoms with Gasteiger partial charge in [-0.2, -0.15) is 0 Å². The first-order valence-electron chi connectivity index (χ1n) is 5.93. The Morgan fingerprint density at radius 2 is 1.61 bits per heavy atom. The zero-order chi connectivity index (χ0) is 13.0. The average molecular weight is 235 g/mol. The molecule has 0 aliphatic heterocycles. The predicted octanol–water partition coefficient (Wildman–Crippen LogP) is 4.65. The van der Waals surface area contributed by atoms with Crippen LogP contribution in [0.1, 0.15) is 5.56 Å². The van der Waals surface area contributed by atoms with Gasteiger partial charge in [0.25, 0.3) is 0 Å². The second-order valence-electron chi connectivity index (χ2n) is 4.14. The summed E-state index contributed by atoms with van der Waals surface area (Å²) in [5.41, 5.74) is 4.34. The molecular formula is C17H17N. The summed E-state index contributed by atoms with van der Waals surface area (Å²) in [6, 6.07) is 18.5. The minimum Gasteiger partial charge on any atom is -0.344 e. The fourth-order valence-electron chi connectivity index (χ4n) is 1.94. The third kappa shape index (κ3) is 2.35. The van der Waals surface area contributed by atoms with Gasteiger partial charge >= 0.3 is 0 Å². The Balaban J connectivity index is 2.45. The van der Waals surface area contributed by atoms with Crippen LogP contribution < -0.4 is 4.90 Å². The van der Waals surface area contributed by atoms with E-state index in [0.717, 1.165) is 22.5 Å². The third-order valence-corrected chi connectivity index (χ3v) is 3.00. The van der Waals surface area contributed by atoms with Gasteiger partial charge in [-0.05, 0) is 23.8 Å². The topological polar surface area (TPSA) is 3.24 Å². The second kappa shape index (κ2) is 5.37. The molecule has 90 valence electrons. The van der Waals surface area contributed by atoms with Crippen molar-refractivity contribution in [1.29, 1.82) is 0 Å². The number of para-hydroxylation sites is 2. The molecule has 0 bridgehead atoms.